The van der Waals surface area contributed by atoms with E-state index in [1.54, 1.807) is 0 Å². The minimum Gasteiger partial charge on any atom is -0.481 e. The quantitative estimate of drug-likeness (QED) is 0.744. The summed E-state index contributed by atoms with van der Waals surface area (Å²) in [4.78, 5) is 22.5. The molecule has 4 heteroatoms. The molecule has 0 unspecified atom stereocenters. The zero-order chi connectivity index (χ0) is 11.4. The van der Waals surface area contributed by atoms with E-state index >= 15 is 0 Å². The van der Waals surface area contributed by atoms with Crippen molar-refractivity contribution in [3.05, 3.63) is 0 Å². The Kier molecular flexibility index (Phi) is 2.03. The summed E-state index contributed by atoms with van der Waals surface area (Å²) < 4.78 is 0. The van der Waals surface area contributed by atoms with Crippen molar-refractivity contribution in [2.45, 2.75) is 25.7 Å². The first-order valence-corrected chi connectivity index (χ1v) is 6.07. The molecule has 6 atom stereocenters. The molecule has 4 aliphatic rings. The Morgan fingerprint density at radius 3 is 1.25 bits per heavy atom. The molecule has 2 N–H and O–H groups in total. The largest absolute Gasteiger partial charge is 0.481 e. The maximum absolute atomic E-state index is 11.3. The lowest BCUT2D eigenvalue weighted by atomic mass is 9.44. The summed E-state index contributed by atoms with van der Waals surface area (Å²) in [5, 5.41) is 18.5. The lowest BCUT2D eigenvalue weighted by molar-refractivity contribution is -0.185. The summed E-state index contributed by atoms with van der Waals surface area (Å²) >= 11 is 0. The number of hydrogen-bond donors (Lipinski definition) is 2. The summed E-state index contributed by atoms with van der Waals surface area (Å²) in [7, 11) is 0. The number of carbonyl (C=O) groups is 2. The van der Waals surface area contributed by atoms with E-state index in [0.29, 0.717) is 11.8 Å². The average Bonchev–Trinajstić information content (AvgIpc) is 2.15. The molecular weight excluding hydrogens is 208 g/mol. The first-order chi connectivity index (χ1) is 7.61. The van der Waals surface area contributed by atoms with E-state index in [1.807, 2.05) is 0 Å². The second-order valence-corrected chi connectivity index (χ2v) is 5.54. The van der Waals surface area contributed by atoms with E-state index in [4.69, 9.17) is 0 Å². The molecule has 0 aliphatic heterocycles. The van der Waals surface area contributed by atoms with E-state index < -0.39 is 23.8 Å². The Hall–Kier alpha value is -1.06. The zero-order valence-electron chi connectivity index (χ0n) is 9.00. The van der Waals surface area contributed by atoms with Crippen LogP contribution in [0.3, 0.4) is 0 Å². The number of carboxylic acids is 2. The third-order valence-electron chi connectivity index (χ3n) is 5.20. The summed E-state index contributed by atoms with van der Waals surface area (Å²) in [6.07, 6.45) is 4.07. The van der Waals surface area contributed by atoms with Crippen LogP contribution in [0.1, 0.15) is 25.7 Å². The highest BCUT2D eigenvalue weighted by molar-refractivity contribution is 5.81. The van der Waals surface area contributed by atoms with Crippen molar-refractivity contribution in [1.82, 2.24) is 0 Å². The van der Waals surface area contributed by atoms with E-state index in [1.165, 1.54) is 0 Å². The van der Waals surface area contributed by atoms with Crippen LogP contribution < -0.4 is 0 Å². The lowest BCUT2D eigenvalue weighted by Gasteiger charge is -2.59. The van der Waals surface area contributed by atoms with Crippen molar-refractivity contribution in [3.8, 4) is 0 Å². The van der Waals surface area contributed by atoms with Gasteiger partial charge in [0.25, 0.3) is 0 Å². The van der Waals surface area contributed by atoms with Crippen LogP contribution in [0.4, 0.5) is 0 Å². The van der Waals surface area contributed by atoms with Crippen molar-refractivity contribution in [2.24, 2.45) is 35.5 Å². The molecular formula is C12H16O4. The summed E-state index contributed by atoms with van der Waals surface area (Å²) in [6.45, 7) is 0. The predicted octanol–water partition coefficient (Wildman–Crippen LogP) is 1.45. The van der Waals surface area contributed by atoms with Gasteiger partial charge in [-0.1, -0.05) is 0 Å². The van der Waals surface area contributed by atoms with Gasteiger partial charge >= 0.3 is 11.9 Å². The van der Waals surface area contributed by atoms with Gasteiger partial charge in [0, 0.05) is 0 Å². The summed E-state index contributed by atoms with van der Waals surface area (Å²) in [5.74, 6) is -1.77. The van der Waals surface area contributed by atoms with Gasteiger partial charge in [-0.15, -0.1) is 0 Å². The van der Waals surface area contributed by atoms with Crippen LogP contribution in [-0.2, 0) is 9.59 Å². The summed E-state index contributed by atoms with van der Waals surface area (Å²) in [6, 6.07) is 0. The third-order valence-corrected chi connectivity index (χ3v) is 5.20. The van der Waals surface area contributed by atoms with Crippen LogP contribution >= 0.6 is 0 Å². The first kappa shape index (κ1) is 10.1. The van der Waals surface area contributed by atoms with Crippen LogP contribution in [-0.4, -0.2) is 22.2 Å². The van der Waals surface area contributed by atoms with Crippen molar-refractivity contribution in [1.29, 1.82) is 0 Å². The van der Waals surface area contributed by atoms with Gasteiger partial charge in [-0.2, -0.15) is 0 Å². The molecule has 0 heterocycles. The standard InChI is InChI=1S/C12H16O4/c13-11(14)9-7-3-4-8(10(9)12(15)16)6-2-1-5(6)7/h5-10H,1-4H2,(H,13,14)(H,15,16)/t5-,6-,7+,8+,9-,10+/m1/s1. The van der Waals surface area contributed by atoms with Crippen LogP contribution in [0.15, 0.2) is 0 Å². The maximum Gasteiger partial charge on any atom is 0.307 e. The Morgan fingerprint density at radius 2 is 1.00 bits per heavy atom. The van der Waals surface area contributed by atoms with E-state index in [0.717, 1.165) is 25.7 Å². The lowest BCUT2D eigenvalue weighted by Crippen LogP contribution is -2.58. The number of carboxylic acid groups (broad SMARTS) is 2. The van der Waals surface area contributed by atoms with Crippen molar-refractivity contribution >= 4 is 11.9 Å². The van der Waals surface area contributed by atoms with Gasteiger partial charge in [0.05, 0.1) is 11.8 Å². The molecule has 4 saturated carbocycles. The number of fused-ring (bicyclic) bond motifs is 2. The van der Waals surface area contributed by atoms with Gasteiger partial charge in [-0.05, 0) is 49.4 Å². The minimum atomic E-state index is -0.896. The molecule has 0 aromatic carbocycles. The van der Waals surface area contributed by atoms with Crippen molar-refractivity contribution < 1.29 is 19.8 Å². The molecule has 4 fully saturated rings. The van der Waals surface area contributed by atoms with E-state index in [-0.39, 0.29) is 11.8 Å². The topological polar surface area (TPSA) is 74.6 Å². The van der Waals surface area contributed by atoms with Crippen LogP contribution in [0.2, 0.25) is 0 Å². The number of hydrogen-bond acceptors (Lipinski definition) is 2. The van der Waals surface area contributed by atoms with Gasteiger partial charge in [0.2, 0.25) is 0 Å². The molecule has 88 valence electrons. The molecule has 0 aromatic heterocycles. The highest BCUT2D eigenvalue weighted by atomic mass is 16.4. The van der Waals surface area contributed by atoms with Crippen LogP contribution in [0, 0.1) is 35.5 Å². The third kappa shape index (κ3) is 1.10. The van der Waals surface area contributed by atoms with Crippen molar-refractivity contribution in [3.63, 3.8) is 0 Å². The van der Waals surface area contributed by atoms with Gasteiger partial charge in [-0.3, -0.25) is 9.59 Å². The van der Waals surface area contributed by atoms with Crippen LogP contribution in [0.25, 0.3) is 0 Å². The molecule has 4 aliphatic carbocycles. The molecule has 0 saturated heterocycles. The average molecular weight is 224 g/mol. The number of aliphatic carboxylic acids is 2. The molecule has 4 nitrogen and oxygen atoms in total. The van der Waals surface area contributed by atoms with Gasteiger partial charge in [-0.25, -0.2) is 0 Å². The fraction of sp³-hybridized carbons (Fsp3) is 0.833. The zero-order valence-corrected chi connectivity index (χ0v) is 9.00. The Labute approximate surface area is 93.6 Å². The molecule has 0 spiro atoms. The molecule has 0 aromatic rings. The van der Waals surface area contributed by atoms with Crippen LogP contribution in [0.5, 0.6) is 0 Å². The van der Waals surface area contributed by atoms with Gasteiger partial charge in [0.15, 0.2) is 0 Å². The number of rotatable bonds is 2. The fourth-order valence-corrected chi connectivity index (χ4v) is 4.53. The predicted molar refractivity (Wildman–Crippen MR) is 54.7 cm³/mol. The Morgan fingerprint density at radius 1 is 0.688 bits per heavy atom. The maximum atomic E-state index is 11.3. The van der Waals surface area contributed by atoms with Gasteiger partial charge in [0.1, 0.15) is 0 Å². The van der Waals surface area contributed by atoms with E-state index in [9.17, 15) is 19.8 Å². The molecule has 16 heavy (non-hydrogen) atoms. The monoisotopic (exact) mass is 224 g/mol. The second kappa shape index (κ2) is 3.22. The van der Waals surface area contributed by atoms with Gasteiger partial charge < -0.3 is 10.2 Å². The summed E-state index contributed by atoms with van der Waals surface area (Å²) in [5.41, 5.74) is 0. The SMILES string of the molecule is O=C(O)[C@@H]1[C@H]2CC[C@@H]([C@@H]3CC[C@H]32)[C@@H]1C(=O)O. The second-order valence-electron chi connectivity index (χ2n) is 5.54. The molecule has 0 amide bonds. The highest BCUT2D eigenvalue weighted by Crippen LogP contribution is 2.62. The van der Waals surface area contributed by atoms with E-state index in [2.05, 4.69) is 0 Å². The molecule has 4 rings (SSSR count). The smallest absolute Gasteiger partial charge is 0.307 e. The highest BCUT2D eigenvalue weighted by Gasteiger charge is 2.61. The first-order valence-electron chi connectivity index (χ1n) is 6.07. The molecule has 0 radical (unpaired) electrons. The molecule has 2 bridgehead atoms. The Bertz CT molecular complexity index is 317. The van der Waals surface area contributed by atoms with Crippen molar-refractivity contribution in [2.75, 3.05) is 0 Å². The Balaban J connectivity index is 1.97. The normalized spacial score (nSPS) is 49.2. The minimum absolute atomic E-state index is 0.127. The fourth-order valence-electron chi connectivity index (χ4n) is 4.53.